The molecular weight excluding hydrogens is 226 g/mol. The maximum absolute atomic E-state index is 11.3. The molecule has 1 aromatic rings. The van der Waals surface area contributed by atoms with Gasteiger partial charge < -0.3 is 15.6 Å². The van der Waals surface area contributed by atoms with Crippen molar-refractivity contribution in [3.8, 4) is 12.3 Å². The van der Waals surface area contributed by atoms with E-state index in [2.05, 4.69) is 21.4 Å². The summed E-state index contributed by atoms with van der Waals surface area (Å²) in [7, 11) is 1.81. The number of hydrogen-bond acceptors (Lipinski definition) is 5. The molecule has 0 aliphatic rings. The second-order valence-corrected chi connectivity index (χ2v) is 3.87. The number of nitrogens with two attached hydrogens (primary N) is 1. The summed E-state index contributed by atoms with van der Waals surface area (Å²) in [6, 6.07) is 0. The number of carbonyl (C=O) groups excluding carboxylic acids is 1. The van der Waals surface area contributed by atoms with E-state index in [4.69, 9.17) is 12.2 Å². The minimum atomic E-state index is -0.125. The normalized spacial score (nSPS) is 9.81. The topological polar surface area (TPSA) is 85.8 Å². The van der Waals surface area contributed by atoms with Crippen LogP contribution >= 0.6 is 11.8 Å². The van der Waals surface area contributed by atoms with Crippen LogP contribution in [0.4, 0.5) is 0 Å². The number of aromatic nitrogens is 3. The Balaban J connectivity index is 2.46. The summed E-state index contributed by atoms with van der Waals surface area (Å²) in [5.74, 6) is 3.15. The van der Waals surface area contributed by atoms with Gasteiger partial charge in [0, 0.05) is 7.05 Å². The van der Waals surface area contributed by atoms with Gasteiger partial charge in [0.1, 0.15) is 5.82 Å². The van der Waals surface area contributed by atoms with Gasteiger partial charge in [-0.25, -0.2) is 0 Å². The SMILES string of the molecule is C#CCNC(=O)CSc1nnc(CN)n1C. The number of nitrogens with zero attached hydrogens (tertiary/aromatic N) is 3. The van der Waals surface area contributed by atoms with E-state index in [1.807, 2.05) is 7.05 Å². The van der Waals surface area contributed by atoms with Crippen LogP contribution in [0.25, 0.3) is 0 Å². The highest BCUT2D eigenvalue weighted by Gasteiger charge is 2.09. The van der Waals surface area contributed by atoms with E-state index < -0.39 is 0 Å². The molecule has 86 valence electrons. The van der Waals surface area contributed by atoms with Crippen molar-refractivity contribution in [2.45, 2.75) is 11.7 Å². The van der Waals surface area contributed by atoms with Crippen LogP contribution in [0.1, 0.15) is 5.82 Å². The third kappa shape index (κ3) is 3.25. The number of thioether (sulfide) groups is 1. The zero-order valence-electron chi connectivity index (χ0n) is 8.93. The van der Waals surface area contributed by atoms with Gasteiger partial charge in [0.2, 0.25) is 5.91 Å². The van der Waals surface area contributed by atoms with Gasteiger partial charge in [-0.05, 0) is 0 Å². The highest BCUT2D eigenvalue weighted by atomic mass is 32.2. The van der Waals surface area contributed by atoms with E-state index in [1.54, 1.807) is 4.57 Å². The maximum Gasteiger partial charge on any atom is 0.231 e. The first-order chi connectivity index (χ1) is 7.69. The average Bonchev–Trinajstić information content (AvgIpc) is 2.64. The second kappa shape index (κ2) is 6.15. The van der Waals surface area contributed by atoms with Crippen LogP contribution in [-0.4, -0.2) is 33.0 Å². The Morgan fingerprint density at radius 3 is 3.00 bits per heavy atom. The molecule has 0 saturated carbocycles. The molecule has 0 aromatic carbocycles. The summed E-state index contributed by atoms with van der Waals surface area (Å²) in [6.07, 6.45) is 5.02. The van der Waals surface area contributed by atoms with Crippen LogP contribution in [0, 0.1) is 12.3 Å². The fraction of sp³-hybridized carbons (Fsp3) is 0.444. The summed E-state index contributed by atoms with van der Waals surface area (Å²) >= 11 is 1.29. The van der Waals surface area contributed by atoms with Gasteiger partial charge in [-0.1, -0.05) is 17.7 Å². The van der Waals surface area contributed by atoms with Crippen molar-refractivity contribution in [3.63, 3.8) is 0 Å². The maximum atomic E-state index is 11.3. The zero-order chi connectivity index (χ0) is 12.0. The number of amides is 1. The number of carbonyl (C=O) groups is 1. The highest BCUT2D eigenvalue weighted by molar-refractivity contribution is 7.99. The van der Waals surface area contributed by atoms with Gasteiger partial charge in [-0.3, -0.25) is 4.79 Å². The van der Waals surface area contributed by atoms with Crippen molar-refractivity contribution in [2.24, 2.45) is 12.8 Å². The molecule has 3 N–H and O–H groups in total. The van der Waals surface area contributed by atoms with Crippen LogP contribution in [0.5, 0.6) is 0 Å². The smallest absolute Gasteiger partial charge is 0.231 e. The molecule has 16 heavy (non-hydrogen) atoms. The van der Waals surface area contributed by atoms with E-state index in [-0.39, 0.29) is 18.2 Å². The first-order valence-electron chi connectivity index (χ1n) is 4.60. The lowest BCUT2D eigenvalue weighted by Gasteiger charge is -2.02. The molecular formula is C9H13N5OS. The van der Waals surface area contributed by atoms with Gasteiger partial charge >= 0.3 is 0 Å². The molecule has 1 amide bonds. The minimum Gasteiger partial charge on any atom is -0.344 e. The van der Waals surface area contributed by atoms with E-state index in [1.165, 1.54) is 11.8 Å². The molecule has 0 aliphatic carbocycles. The Morgan fingerprint density at radius 2 is 2.44 bits per heavy atom. The van der Waals surface area contributed by atoms with E-state index in [9.17, 15) is 4.79 Å². The summed E-state index contributed by atoms with van der Waals surface area (Å²) in [4.78, 5) is 11.3. The molecule has 0 fully saturated rings. The van der Waals surface area contributed by atoms with Crippen molar-refractivity contribution in [1.82, 2.24) is 20.1 Å². The zero-order valence-corrected chi connectivity index (χ0v) is 9.75. The predicted molar refractivity (Wildman–Crippen MR) is 61.5 cm³/mol. The molecule has 0 unspecified atom stereocenters. The molecule has 7 heteroatoms. The van der Waals surface area contributed by atoms with Crippen molar-refractivity contribution in [2.75, 3.05) is 12.3 Å². The Kier molecular flexibility index (Phi) is 4.82. The van der Waals surface area contributed by atoms with Crippen LogP contribution in [0.15, 0.2) is 5.16 Å². The standard InChI is InChI=1S/C9H13N5OS/c1-3-4-11-8(15)6-16-9-13-12-7(5-10)14(9)2/h1H,4-6,10H2,2H3,(H,11,15). The van der Waals surface area contributed by atoms with Crippen LogP contribution < -0.4 is 11.1 Å². The van der Waals surface area contributed by atoms with Gasteiger partial charge in [-0.15, -0.1) is 16.6 Å². The van der Waals surface area contributed by atoms with Crippen molar-refractivity contribution >= 4 is 17.7 Å². The van der Waals surface area contributed by atoms with Crippen LogP contribution in [0.3, 0.4) is 0 Å². The monoisotopic (exact) mass is 239 g/mol. The predicted octanol–water partition coefficient (Wildman–Crippen LogP) is -0.885. The molecule has 0 radical (unpaired) electrons. The summed E-state index contributed by atoms with van der Waals surface area (Å²) in [6.45, 7) is 0.569. The first-order valence-corrected chi connectivity index (χ1v) is 5.59. The number of hydrogen-bond donors (Lipinski definition) is 2. The molecule has 1 heterocycles. The quantitative estimate of drug-likeness (QED) is 0.514. The van der Waals surface area contributed by atoms with Gasteiger partial charge in [-0.2, -0.15) is 0 Å². The third-order valence-electron chi connectivity index (χ3n) is 1.83. The molecule has 0 bridgehead atoms. The lowest BCUT2D eigenvalue weighted by molar-refractivity contribution is -0.118. The summed E-state index contributed by atoms with van der Waals surface area (Å²) < 4.78 is 1.76. The van der Waals surface area contributed by atoms with Crippen molar-refractivity contribution in [1.29, 1.82) is 0 Å². The molecule has 0 aliphatic heterocycles. The Labute approximate surface area is 98.0 Å². The lowest BCUT2D eigenvalue weighted by Crippen LogP contribution is -2.25. The Bertz CT molecular complexity index is 409. The Morgan fingerprint density at radius 1 is 1.69 bits per heavy atom. The van der Waals surface area contributed by atoms with E-state index in [0.717, 1.165) is 0 Å². The van der Waals surface area contributed by atoms with Gasteiger partial charge in [0.15, 0.2) is 5.16 Å². The highest BCUT2D eigenvalue weighted by Crippen LogP contribution is 2.14. The first kappa shape index (κ1) is 12.5. The van der Waals surface area contributed by atoms with Crippen LogP contribution in [-0.2, 0) is 18.4 Å². The van der Waals surface area contributed by atoms with Gasteiger partial charge in [0.05, 0.1) is 18.8 Å². The molecule has 0 saturated heterocycles. The second-order valence-electron chi connectivity index (χ2n) is 2.93. The van der Waals surface area contributed by atoms with Gasteiger partial charge in [0.25, 0.3) is 0 Å². The van der Waals surface area contributed by atoms with E-state index >= 15 is 0 Å². The Hall–Kier alpha value is -1.52. The average molecular weight is 239 g/mol. The molecule has 1 rings (SSSR count). The van der Waals surface area contributed by atoms with Crippen LogP contribution in [0.2, 0.25) is 0 Å². The molecule has 0 atom stereocenters. The molecule has 1 aromatic heterocycles. The lowest BCUT2D eigenvalue weighted by atomic mass is 10.6. The van der Waals surface area contributed by atoms with E-state index in [0.29, 0.717) is 17.5 Å². The molecule has 0 spiro atoms. The minimum absolute atomic E-state index is 0.125. The number of terminal acetylenes is 1. The molecule has 6 nitrogen and oxygen atoms in total. The van der Waals surface area contributed by atoms with Crippen molar-refractivity contribution < 1.29 is 4.79 Å². The van der Waals surface area contributed by atoms with Crippen molar-refractivity contribution in [3.05, 3.63) is 5.82 Å². The number of nitrogens with one attached hydrogen (secondary N) is 1. The summed E-state index contributed by atoms with van der Waals surface area (Å²) in [5, 5.41) is 11.0. The largest absolute Gasteiger partial charge is 0.344 e. The summed E-state index contributed by atoms with van der Waals surface area (Å²) in [5.41, 5.74) is 5.45. The third-order valence-corrected chi connectivity index (χ3v) is 2.85. The number of rotatable bonds is 5. The fourth-order valence-electron chi connectivity index (χ4n) is 0.979. The fourth-order valence-corrected chi connectivity index (χ4v) is 1.74.